The molecule has 0 spiro atoms. The predicted molar refractivity (Wildman–Crippen MR) is 87.8 cm³/mol. The number of halogens is 4. The Kier molecular flexibility index (Phi) is 5.71. The van der Waals surface area contributed by atoms with Crippen molar-refractivity contribution in [2.24, 2.45) is 0 Å². The number of hydrogen-bond acceptors (Lipinski definition) is 2. The summed E-state index contributed by atoms with van der Waals surface area (Å²) in [6.07, 6.45) is -4.74. The fourth-order valence-electron chi connectivity index (χ4n) is 1.94. The van der Waals surface area contributed by atoms with Crippen LogP contribution in [0.5, 0.6) is 5.75 Å². The van der Waals surface area contributed by atoms with Gasteiger partial charge in [0.1, 0.15) is 5.75 Å². The summed E-state index contributed by atoms with van der Waals surface area (Å²) in [5, 5.41) is 5.29. The zero-order valence-electron chi connectivity index (χ0n) is 12.5. The molecular formula is C16H14BrF3N2O2. The maximum atomic E-state index is 12.1. The monoisotopic (exact) mass is 402 g/mol. The quantitative estimate of drug-likeness (QED) is 0.735. The first-order valence-electron chi connectivity index (χ1n) is 6.92. The molecule has 0 aromatic heterocycles. The van der Waals surface area contributed by atoms with Crippen LogP contribution < -0.4 is 15.4 Å². The fraction of sp³-hybridized carbons (Fsp3) is 0.188. The largest absolute Gasteiger partial charge is 0.573 e. The van der Waals surface area contributed by atoms with Crippen LogP contribution in [0.1, 0.15) is 18.5 Å². The van der Waals surface area contributed by atoms with Crippen molar-refractivity contribution in [1.82, 2.24) is 5.32 Å². The molecule has 128 valence electrons. The molecule has 2 amide bonds. The van der Waals surface area contributed by atoms with Crippen LogP contribution in [-0.2, 0) is 0 Å². The van der Waals surface area contributed by atoms with Gasteiger partial charge in [0.15, 0.2) is 0 Å². The molecule has 0 radical (unpaired) electrons. The summed E-state index contributed by atoms with van der Waals surface area (Å²) in [5.74, 6) is -0.350. The number of carbonyl (C=O) groups is 1. The summed E-state index contributed by atoms with van der Waals surface area (Å²) >= 11 is 3.33. The second-order valence-corrected chi connectivity index (χ2v) is 5.86. The average molecular weight is 403 g/mol. The van der Waals surface area contributed by atoms with E-state index < -0.39 is 12.4 Å². The van der Waals surface area contributed by atoms with Crippen molar-refractivity contribution in [1.29, 1.82) is 0 Å². The van der Waals surface area contributed by atoms with E-state index >= 15 is 0 Å². The third-order valence-electron chi connectivity index (χ3n) is 3.06. The molecule has 0 aliphatic heterocycles. The molecule has 0 fully saturated rings. The number of urea groups is 1. The van der Waals surface area contributed by atoms with Crippen LogP contribution in [0.25, 0.3) is 0 Å². The summed E-state index contributed by atoms with van der Waals surface area (Å²) in [7, 11) is 0. The Morgan fingerprint density at radius 3 is 2.21 bits per heavy atom. The minimum absolute atomic E-state index is 0.231. The lowest BCUT2D eigenvalue weighted by Gasteiger charge is -2.15. The van der Waals surface area contributed by atoms with E-state index in [0.717, 1.165) is 22.2 Å². The number of amides is 2. The Morgan fingerprint density at radius 2 is 1.67 bits per heavy atom. The maximum absolute atomic E-state index is 12.1. The molecule has 0 saturated heterocycles. The lowest BCUT2D eigenvalue weighted by Crippen LogP contribution is -2.31. The highest BCUT2D eigenvalue weighted by Gasteiger charge is 2.30. The Morgan fingerprint density at radius 1 is 1.08 bits per heavy atom. The van der Waals surface area contributed by atoms with E-state index in [0.29, 0.717) is 5.69 Å². The summed E-state index contributed by atoms with van der Waals surface area (Å²) < 4.78 is 40.9. The number of rotatable bonds is 4. The summed E-state index contributed by atoms with van der Waals surface area (Å²) in [4.78, 5) is 11.9. The van der Waals surface area contributed by atoms with E-state index in [2.05, 4.69) is 31.3 Å². The standard InChI is InChI=1S/C16H14BrF3N2O2/c1-10(11-2-4-12(17)5-3-11)21-15(23)22-13-6-8-14(9-7-13)24-16(18,19)20/h2-10H,1H3,(H2,21,22,23). The number of carbonyl (C=O) groups excluding carboxylic acids is 1. The second kappa shape index (κ2) is 7.57. The van der Waals surface area contributed by atoms with Gasteiger partial charge in [-0.1, -0.05) is 28.1 Å². The van der Waals surface area contributed by atoms with Gasteiger partial charge >= 0.3 is 12.4 Å². The number of ether oxygens (including phenoxy) is 1. The summed E-state index contributed by atoms with van der Waals surface area (Å²) in [5.41, 5.74) is 1.27. The molecule has 24 heavy (non-hydrogen) atoms. The zero-order valence-corrected chi connectivity index (χ0v) is 14.1. The van der Waals surface area contributed by atoms with Gasteiger partial charge in [-0.15, -0.1) is 13.2 Å². The number of alkyl halides is 3. The Balaban J connectivity index is 1.91. The van der Waals surface area contributed by atoms with Crippen LogP contribution >= 0.6 is 15.9 Å². The van der Waals surface area contributed by atoms with Crippen LogP contribution in [0, 0.1) is 0 Å². The highest BCUT2D eigenvalue weighted by atomic mass is 79.9. The number of hydrogen-bond donors (Lipinski definition) is 2. The van der Waals surface area contributed by atoms with Crippen molar-refractivity contribution < 1.29 is 22.7 Å². The minimum atomic E-state index is -4.74. The van der Waals surface area contributed by atoms with Crippen LogP contribution in [0.4, 0.5) is 23.7 Å². The molecule has 2 rings (SSSR count). The molecule has 2 N–H and O–H groups in total. The Labute approximate surface area is 145 Å². The van der Waals surface area contributed by atoms with Gasteiger partial charge in [0, 0.05) is 10.2 Å². The van der Waals surface area contributed by atoms with Gasteiger partial charge in [-0.2, -0.15) is 0 Å². The second-order valence-electron chi connectivity index (χ2n) is 4.94. The van der Waals surface area contributed by atoms with Gasteiger partial charge in [0.25, 0.3) is 0 Å². The van der Waals surface area contributed by atoms with Crippen LogP contribution in [0.3, 0.4) is 0 Å². The summed E-state index contributed by atoms with van der Waals surface area (Å²) in [6, 6.07) is 11.7. The normalized spacial score (nSPS) is 12.4. The molecule has 0 bridgehead atoms. The molecular weight excluding hydrogens is 389 g/mol. The van der Waals surface area contributed by atoms with E-state index in [1.807, 2.05) is 31.2 Å². The molecule has 4 nitrogen and oxygen atoms in total. The van der Waals surface area contributed by atoms with Gasteiger partial charge in [-0.25, -0.2) is 4.79 Å². The van der Waals surface area contributed by atoms with Crippen molar-refractivity contribution >= 4 is 27.6 Å². The molecule has 2 aromatic rings. The van der Waals surface area contributed by atoms with Crippen LogP contribution in [-0.4, -0.2) is 12.4 Å². The first-order chi connectivity index (χ1) is 11.2. The van der Waals surface area contributed by atoms with Gasteiger partial charge in [-0.3, -0.25) is 0 Å². The highest BCUT2D eigenvalue weighted by molar-refractivity contribution is 9.10. The number of benzene rings is 2. The van der Waals surface area contributed by atoms with Gasteiger partial charge in [0.05, 0.1) is 6.04 Å². The number of anilines is 1. The molecule has 0 aliphatic rings. The van der Waals surface area contributed by atoms with E-state index in [1.165, 1.54) is 12.1 Å². The van der Waals surface area contributed by atoms with Crippen molar-refractivity contribution in [3.63, 3.8) is 0 Å². The van der Waals surface area contributed by atoms with E-state index in [-0.39, 0.29) is 11.8 Å². The van der Waals surface area contributed by atoms with Crippen molar-refractivity contribution in [3.05, 3.63) is 58.6 Å². The highest BCUT2D eigenvalue weighted by Crippen LogP contribution is 2.24. The molecule has 0 saturated carbocycles. The molecule has 0 aliphatic carbocycles. The lowest BCUT2D eigenvalue weighted by atomic mass is 10.1. The van der Waals surface area contributed by atoms with Crippen LogP contribution in [0.2, 0.25) is 0 Å². The van der Waals surface area contributed by atoms with Gasteiger partial charge < -0.3 is 15.4 Å². The fourth-order valence-corrected chi connectivity index (χ4v) is 2.20. The predicted octanol–water partition coefficient (Wildman–Crippen LogP) is 5.23. The topological polar surface area (TPSA) is 50.4 Å². The molecule has 1 atom stereocenters. The third-order valence-corrected chi connectivity index (χ3v) is 3.59. The van der Waals surface area contributed by atoms with Crippen LogP contribution in [0.15, 0.2) is 53.0 Å². The van der Waals surface area contributed by atoms with Crippen molar-refractivity contribution in [3.8, 4) is 5.75 Å². The third kappa shape index (κ3) is 5.77. The zero-order chi connectivity index (χ0) is 17.7. The van der Waals surface area contributed by atoms with Crippen molar-refractivity contribution in [2.75, 3.05) is 5.32 Å². The average Bonchev–Trinajstić information content (AvgIpc) is 2.48. The summed E-state index contributed by atoms with van der Waals surface area (Å²) in [6.45, 7) is 1.82. The SMILES string of the molecule is CC(NC(=O)Nc1ccc(OC(F)(F)F)cc1)c1ccc(Br)cc1. The first kappa shape index (κ1) is 18.1. The molecule has 1 unspecified atom stereocenters. The van der Waals surface area contributed by atoms with Gasteiger partial charge in [0.2, 0.25) is 0 Å². The maximum Gasteiger partial charge on any atom is 0.573 e. The molecule has 8 heteroatoms. The smallest absolute Gasteiger partial charge is 0.406 e. The first-order valence-corrected chi connectivity index (χ1v) is 7.71. The number of nitrogens with one attached hydrogen (secondary N) is 2. The lowest BCUT2D eigenvalue weighted by molar-refractivity contribution is -0.274. The minimum Gasteiger partial charge on any atom is -0.406 e. The Bertz CT molecular complexity index is 688. The Hall–Kier alpha value is -2.22. The van der Waals surface area contributed by atoms with E-state index in [9.17, 15) is 18.0 Å². The van der Waals surface area contributed by atoms with Crippen molar-refractivity contribution in [2.45, 2.75) is 19.3 Å². The van der Waals surface area contributed by atoms with E-state index in [1.54, 1.807) is 0 Å². The van der Waals surface area contributed by atoms with Gasteiger partial charge in [-0.05, 0) is 48.9 Å². The molecule has 0 heterocycles. The van der Waals surface area contributed by atoms with E-state index in [4.69, 9.17) is 0 Å². The molecule has 2 aromatic carbocycles.